The van der Waals surface area contributed by atoms with Gasteiger partial charge in [0.05, 0.1) is 0 Å². The SMILES string of the molecule is CC(=O)N[C@H](C)CC(=O)NCCc1cccnc1. The summed E-state index contributed by atoms with van der Waals surface area (Å²) in [6.45, 7) is 3.83. The van der Waals surface area contributed by atoms with Crippen LogP contribution in [0.15, 0.2) is 24.5 Å². The number of nitrogens with zero attached hydrogens (tertiary/aromatic N) is 1. The van der Waals surface area contributed by atoms with Gasteiger partial charge in [0, 0.05) is 38.3 Å². The molecule has 1 atom stereocenters. The predicted octanol–water partition coefficient (Wildman–Crippen LogP) is 0.655. The highest BCUT2D eigenvalue weighted by atomic mass is 16.2. The Bertz CT molecular complexity index is 392. The summed E-state index contributed by atoms with van der Waals surface area (Å²) in [4.78, 5) is 26.3. The molecule has 2 amide bonds. The normalized spacial score (nSPS) is 11.7. The second kappa shape index (κ2) is 7.42. The molecule has 0 aliphatic carbocycles. The minimum atomic E-state index is -0.138. The van der Waals surface area contributed by atoms with E-state index >= 15 is 0 Å². The van der Waals surface area contributed by atoms with Gasteiger partial charge in [0.2, 0.25) is 11.8 Å². The van der Waals surface area contributed by atoms with Gasteiger partial charge in [0.15, 0.2) is 0 Å². The van der Waals surface area contributed by atoms with E-state index in [1.165, 1.54) is 6.92 Å². The fourth-order valence-corrected chi connectivity index (χ4v) is 1.64. The van der Waals surface area contributed by atoms with Gasteiger partial charge in [-0.05, 0) is 25.0 Å². The number of carbonyl (C=O) groups excluding carboxylic acids is 2. The summed E-state index contributed by atoms with van der Waals surface area (Å²) in [7, 11) is 0. The highest BCUT2D eigenvalue weighted by molar-refractivity contribution is 5.78. The van der Waals surface area contributed by atoms with Crippen LogP contribution in [-0.2, 0) is 16.0 Å². The zero-order chi connectivity index (χ0) is 13.4. The van der Waals surface area contributed by atoms with Gasteiger partial charge in [-0.3, -0.25) is 14.6 Å². The lowest BCUT2D eigenvalue weighted by molar-refractivity contribution is -0.122. The second-order valence-corrected chi connectivity index (χ2v) is 4.27. The van der Waals surface area contributed by atoms with Crippen LogP contribution in [0.5, 0.6) is 0 Å². The number of hydrogen-bond donors (Lipinski definition) is 2. The van der Waals surface area contributed by atoms with Crippen molar-refractivity contribution in [3.63, 3.8) is 0 Å². The Morgan fingerprint density at radius 3 is 2.83 bits per heavy atom. The molecule has 0 aliphatic heterocycles. The Balaban J connectivity index is 2.19. The van der Waals surface area contributed by atoms with Crippen LogP contribution in [0.25, 0.3) is 0 Å². The van der Waals surface area contributed by atoms with Crippen molar-refractivity contribution in [2.24, 2.45) is 0 Å². The molecule has 2 N–H and O–H groups in total. The molecule has 0 aliphatic rings. The van der Waals surface area contributed by atoms with E-state index in [1.54, 1.807) is 12.4 Å². The van der Waals surface area contributed by atoms with Crippen molar-refractivity contribution in [1.82, 2.24) is 15.6 Å². The molecule has 0 aromatic carbocycles. The molecule has 0 bridgehead atoms. The molecule has 1 aromatic rings. The summed E-state index contributed by atoms with van der Waals surface area (Å²) < 4.78 is 0. The molecule has 0 unspecified atom stereocenters. The minimum Gasteiger partial charge on any atom is -0.356 e. The smallest absolute Gasteiger partial charge is 0.222 e. The summed E-state index contributed by atoms with van der Waals surface area (Å²) in [6.07, 6.45) is 4.56. The summed E-state index contributed by atoms with van der Waals surface area (Å²) in [5, 5.41) is 5.49. The maximum Gasteiger partial charge on any atom is 0.222 e. The monoisotopic (exact) mass is 249 g/mol. The van der Waals surface area contributed by atoms with Gasteiger partial charge in [-0.15, -0.1) is 0 Å². The van der Waals surface area contributed by atoms with Crippen LogP contribution in [0.3, 0.4) is 0 Å². The molecule has 0 spiro atoms. The molecule has 18 heavy (non-hydrogen) atoms. The number of aromatic nitrogens is 1. The number of rotatable bonds is 6. The quantitative estimate of drug-likeness (QED) is 0.778. The Morgan fingerprint density at radius 2 is 2.22 bits per heavy atom. The molecular weight excluding hydrogens is 230 g/mol. The fraction of sp³-hybridized carbons (Fsp3) is 0.462. The summed E-state index contributed by atoms with van der Waals surface area (Å²) >= 11 is 0. The zero-order valence-electron chi connectivity index (χ0n) is 10.8. The first-order valence-electron chi connectivity index (χ1n) is 6.00. The summed E-state index contributed by atoms with van der Waals surface area (Å²) in [5.74, 6) is -0.175. The van der Waals surface area contributed by atoms with Crippen molar-refractivity contribution >= 4 is 11.8 Å². The Labute approximate surface area is 107 Å². The van der Waals surface area contributed by atoms with E-state index < -0.39 is 0 Å². The second-order valence-electron chi connectivity index (χ2n) is 4.27. The predicted molar refractivity (Wildman–Crippen MR) is 68.8 cm³/mol. The van der Waals surface area contributed by atoms with Crippen molar-refractivity contribution in [2.75, 3.05) is 6.54 Å². The number of amides is 2. The lowest BCUT2D eigenvalue weighted by Gasteiger charge is -2.12. The van der Waals surface area contributed by atoms with Crippen LogP contribution in [0.1, 0.15) is 25.8 Å². The molecule has 5 nitrogen and oxygen atoms in total. The lowest BCUT2D eigenvalue weighted by atomic mass is 10.2. The van der Waals surface area contributed by atoms with Crippen LogP contribution in [0.2, 0.25) is 0 Å². The van der Waals surface area contributed by atoms with Crippen molar-refractivity contribution in [3.05, 3.63) is 30.1 Å². The van der Waals surface area contributed by atoms with Gasteiger partial charge >= 0.3 is 0 Å². The van der Waals surface area contributed by atoms with E-state index in [1.807, 2.05) is 19.1 Å². The van der Waals surface area contributed by atoms with E-state index in [4.69, 9.17) is 0 Å². The third-order valence-electron chi connectivity index (χ3n) is 2.40. The highest BCUT2D eigenvalue weighted by Gasteiger charge is 2.09. The minimum absolute atomic E-state index is 0.0554. The molecular formula is C13H19N3O2. The third-order valence-corrected chi connectivity index (χ3v) is 2.40. The summed E-state index contributed by atoms with van der Waals surface area (Å²) in [5.41, 5.74) is 1.09. The summed E-state index contributed by atoms with van der Waals surface area (Å²) in [6, 6.07) is 3.70. The molecule has 0 fully saturated rings. The average molecular weight is 249 g/mol. The maximum absolute atomic E-state index is 11.5. The van der Waals surface area contributed by atoms with E-state index in [9.17, 15) is 9.59 Å². The van der Waals surface area contributed by atoms with E-state index in [0.717, 1.165) is 12.0 Å². The van der Waals surface area contributed by atoms with Gasteiger partial charge in [-0.1, -0.05) is 6.07 Å². The fourth-order valence-electron chi connectivity index (χ4n) is 1.64. The molecule has 0 radical (unpaired) electrons. The van der Waals surface area contributed by atoms with Gasteiger partial charge < -0.3 is 10.6 Å². The number of carbonyl (C=O) groups is 2. The van der Waals surface area contributed by atoms with Gasteiger partial charge in [0.25, 0.3) is 0 Å². The first-order chi connectivity index (χ1) is 8.58. The van der Waals surface area contributed by atoms with Crippen molar-refractivity contribution < 1.29 is 9.59 Å². The molecule has 1 aromatic heterocycles. The van der Waals surface area contributed by atoms with Gasteiger partial charge in [-0.25, -0.2) is 0 Å². The van der Waals surface area contributed by atoms with E-state index in [2.05, 4.69) is 15.6 Å². The van der Waals surface area contributed by atoms with Crippen LogP contribution in [0, 0.1) is 0 Å². The topological polar surface area (TPSA) is 71.1 Å². The van der Waals surface area contributed by atoms with Crippen molar-refractivity contribution in [2.45, 2.75) is 32.7 Å². The molecule has 1 heterocycles. The number of nitrogens with one attached hydrogen (secondary N) is 2. The Morgan fingerprint density at radius 1 is 1.44 bits per heavy atom. The molecule has 5 heteroatoms. The van der Waals surface area contributed by atoms with Crippen LogP contribution in [0.4, 0.5) is 0 Å². The maximum atomic E-state index is 11.5. The standard InChI is InChI=1S/C13H19N3O2/c1-10(16-11(2)17)8-13(18)15-7-5-12-4-3-6-14-9-12/h3-4,6,9-10H,5,7-8H2,1-2H3,(H,15,18)(H,16,17)/t10-/m1/s1. The van der Waals surface area contributed by atoms with E-state index in [0.29, 0.717) is 13.0 Å². The van der Waals surface area contributed by atoms with Gasteiger partial charge in [0.1, 0.15) is 0 Å². The van der Waals surface area contributed by atoms with Crippen LogP contribution >= 0.6 is 0 Å². The number of pyridine rings is 1. The van der Waals surface area contributed by atoms with Crippen molar-refractivity contribution in [3.8, 4) is 0 Å². The first-order valence-corrected chi connectivity index (χ1v) is 6.00. The lowest BCUT2D eigenvalue weighted by Crippen LogP contribution is -2.36. The molecule has 0 saturated heterocycles. The first kappa shape index (κ1) is 14.2. The largest absolute Gasteiger partial charge is 0.356 e. The van der Waals surface area contributed by atoms with Crippen molar-refractivity contribution in [1.29, 1.82) is 0 Å². The average Bonchev–Trinajstić information content (AvgIpc) is 2.29. The van der Waals surface area contributed by atoms with Gasteiger partial charge in [-0.2, -0.15) is 0 Å². The van der Waals surface area contributed by atoms with Crippen LogP contribution < -0.4 is 10.6 Å². The zero-order valence-corrected chi connectivity index (χ0v) is 10.8. The third kappa shape index (κ3) is 5.98. The van der Waals surface area contributed by atoms with Crippen LogP contribution in [-0.4, -0.2) is 29.4 Å². The molecule has 1 rings (SSSR count). The number of hydrogen-bond acceptors (Lipinski definition) is 3. The van der Waals surface area contributed by atoms with E-state index in [-0.39, 0.29) is 17.9 Å². The highest BCUT2D eigenvalue weighted by Crippen LogP contribution is 1.96. The Kier molecular flexibility index (Phi) is 5.84. The Hall–Kier alpha value is -1.91. The molecule has 0 saturated carbocycles. The molecule has 98 valence electrons.